The summed E-state index contributed by atoms with van der Waals surface area (Å²) in [6.07, 6.45) is 5.57. The van der Waals surface area contributed by atoms with E-state index in [-0.39, 0.29) is 12.5 Å². The molecule has 4 nitrogen and oxygen atoms in total. The highest BCUT2D eigenvalue weighted by molar-refractivity contribution is 7.13. The van der Waals surface area contributed by atoms with Crippen molar-refractivity contribution in [3.05, 3.63) is 15.6 Å². The summed E-state index contributed by atoms with van der Waals surface area (Å²) < 4.78 is 0. The van der Waals surface area contributed by atoms with Crippen LogP contribution in [0.2, 0.25) is 0 Å². The molecule has 1 aliphatic carbocycles. The van der Waals surface area contributed by atoms with Crippen molar-refractivity contribution < 1.29 is 9.90 Å². The number of aryl methyl sites for hydroxylation is 1. The summed E-state index contributed by atoms with van der Waals surface area (Å²) in [6, 6.07) is 0. The number of nitrogens with zero attached hydrogens (tertiary/aromatic N) is 1. The van der Waals surface area contributed by atoms with Crippen LogP contribution >= 0.6 is 11.3 Å². The highest BCUT2D eigenvalue weighted by atomic mass is 32.1. The molecule has 2 rings (SSSR count). The maximum Gasteiger partial charge on any atom is 0.263 e. The number of hydrogen-bond acceptors (Lipinski definition) is 4. The molecule has 1 fully saturated rings. The van der Waals surface area contributed by atoms with Gasteiger partial charge in [0.15, 0.2) is 0 Å². The molecule has 1 saturated carbocycles. The maximum atomic E-state index is 11.9. The molecule has 0 spiro atoms. The number of thiazole rings is 1. The lowest BCUT2D eigenvalue weighted by Crippen LogP contribution is -2.24. The van der Waals surface area contributed by atoms with Crippen LogP contribution in [0, 0.1) is 6.92 Å². The minimum Gasteiger partial charge on any atom is -0.396 e. The van der Waals surface area contributed by atoms with Crippen LogP contribution in [0.5, 0.6) is 0 Å². The minimum atomic E-state index is -0.0531. The zero-order valence-electron chi connectivity index (χ0n) is 10.7. The van der Waals surface area contributed by atoms with Gasteiger partial charge in [0.1, 0.15) is 4.88 Å². The molecule has 0 aromatic carbocycles. The number of rotatable bonds is 5. The van der Waals surface area contributed by atoms with Crippen molar-refractivity contribution >= 4 is 17.2 Å². The van der Waals surface area contributed by atoms with Crippen molar-refractivity contribution in [2.45, 2.75) is 44.9 Å². The Balaban J connectivity index is 2.01. The summed E-state index contributed by atoms with van der Waals surface area (Å²) in [7, 11) is 0. The number of carbonyl (C=O) groups is 1. The van der Waals surface area contributed by atoms with Gasteiger partial charge < -0.3 is 10.4 Å². The second-order valence-corrected chi connectivity index (χ2v) is 5.81. The average Bonchev–Trinajstić information content (AvgIpc) is 2.97. The number of hydrogen-bond donors (Lipinski definition) is 2. The summed E-state index contributed by atoms with van der Waals surface area (Å²) in [5.74, 6) is 0.510. The number of aliphatic hydroxyl groups excluding tert-OH is 1. The van der Waals surface area contributed by atoms with E-state index in [0.717, 1.165) is 15.6 Å². The molecule has 0 atom stereocenters. The fraction of sp³-hybridized carbons (Fsp3) is 0.692. The van der Waals surface area contributed by atoms with E-state index in [1.165, 1.54) is 37.0 Å². The van der Waals surface area contributed by atoms with Gasteiger partial charge in [-0.1, -0.05) is 12.8 Å². The third-order valence-corrected chi connectivity index (χ3v) is 4.66. The first-order chi connectivity index (χ1) is 8.72. The van der Waals surface area contributed by atoms with Crippen molar-refractivity contribution in [3.8, 4) is 0 Å². The largest absolute Gasteiger partial charge is 0.396 e. The predicted molar refractivity (Wildman–Crippen MR) is 72.1 cm³/mol. The molecule has 2 N–H and O–H groups in total. The number of aromatic nitrogens is 1. The van der Waals surface area contributed by atoms with Crippen LogP contribution in [-0.4, -0.2) is 29.1 Å². The highest BCUT2D eigenvalue weighted by Crippen LogP contribution is 2.36. The summed E-state index contributed by atoms with van der Waals surface area (Å²) in [6.45, 7) is 2.52. The Morgan fingerprint density at radius 1 is 1.50 bits per heavy atom. The van der Waals surface area contributed by atoms with E-state index in [1.54, 1.807) is 0 Å². The standard InChI is InChI=1S/C13H20N2O2S/c1-9-11(12(17)14-7-4-8-16)18-13(15-9)10-5-2-3-6-10/h10,16H,2-8H2,1H3,(H,14,17). The van der Waals surface area contributed by atoms with Crippen LogP contribution < -0.4 is 5.32 Å². The van der Waals surface area contributed by atoms with Gasteiger partial charge in [0, 0.05) is 19.1 Å². The molecular formula is C13H20N2O2S. The molecule has 0 unspecified atom stereocenters. The van der Waals surface area contributed by atoms with Gasteiger partial charge in [0.25, 0.3) is 5.91 Å². The van der Waals surface area contributed by atoms with Crippen molar-refractivity contribution in [3.63, 3.8) is 0 Å². The second kappa shape index (κ2) is 6.29. The van der Waals surface area contributed by atoms with Crippen LogP contribution in [0.4, 0.5) is 0 Å². The third-order valence-electron chi connectivity index (χ3n) is 3.34. The Morgan fingerprint density at radius 2 is 2.22 bits per heavy atom. The number of nitrogens with one attached hydrogen (secondary N) is 1. The quantitative estimate of drug-likeness (QED) is 0.805. The molecule has 0 aliphatic heterocycles. The molecule has 0 radical (unpaired) electrons. The van der Waals surface area contributed by atoms with Crippen molar-refractivity contribution in [2.24, 2.45) is 0 Å². The lowest BCUT2D eigenvalue weighted by molar-refractivity contribution is 0.0954. The maximum absolute atomic E-state index is 11.9. The van der Waals surface area contributed by atoms with E-state index < -0.39 is 0 Å². The zero-order chi connectivity index (χ0) is 13.0. The number of aliphatic hydroxyl groups is 1. The molecule has 1 heterocycles. The Hall–Kier alpha value is -0.940. The first kappa shape index (κ1) is 13.5. The lowest BCUT2D eigenvalue weighted by Gasteiger charge is -2.03. The Labute approximate surface area is 111 Å². The van der Waals surface area contributed by atoms with E-state index in [4.69, 9.17) is 5.11 Å². The predicted octanol–water partition coefficient (Wildman–Crippen LogP) is 2.22. The van der Waals surface area contributed by atoms with Crippen molar-refractivity contribution in [2.75, 3.05) is 13.2 Å². The summed E-state index contributed by atoms with van der Waals surface area (Å²) in [5.41, 5.74) is 0.836. The third kappa shape index (κ3) is 3.09. The van der Waals surface area contributed by atoms with Gasteiger partial charge in [-0.2, -0.15) is 0 Å². The fourth-order valence-corrected chi connectivity index (χ4v) is 3.49. The van der Waals surface area contributed by atoms with E-state index >= 15 is 0 Å². The smallest absolute Gasteiger partial charge is 0.263 e. The molecule has 1 amide bonds. The Morgan fingerprint density at radius 3 is 2.89 bits per heavy atom. The van der Waals surface area contributed by atoms with Crippen LogP contribution in [0.1, 0.15) is 58.4 Å². The molecule has 0 bridgehead atoms. The molecular weight excluding hydrogens is 248 g/mol. The number of amides is 1. The SMILES string of the molecule is Cc1nc(C2CCCC2)sc1C(=O)NCCCO. The molecule has 18 heavy (non-hydrogen) atoms. The van der Waals surface area contributed by atoms with Crippen LogP contribution in [0.25, 0.3) is 0 Å². The van der Waals surface area contributed by atoms with Gasteiger partial charge in [-0.15, -0.1) is 11.3 Å². The van der Waals surface area contributed by atoms with E-state index in [1.807, 2.05) is 6.92 Å². The first-order valence-corrected chi connectivity index (χ1v) is 7.40. The number of carbonyl (C=O) groups excluding carboxylic acids is 1. The van der Waals surface area contributed by atoms with Crippen LogP contribution in [-0.2, 0) is 0 Å². The normalized spacial score (nSPS) is 16.1. The van der Waals surface area contributed by atoms with Crippen molar-refractivity contribution in [1.29, 1.82) is 0 Å². The Kier molecular flexibility index (Phi) is 4.72. The van der Waals surface area contributed by atoms with Crippen molar-refractivity contribution in [1.82, 2.24) is 10.3 Å². The average molecular weight is 268 g/mol. The van der Waals surface area contributed by atoms with Gasteiger partial charge in [-0.3, -0.25) is 4.79 Å². The first-order valence-electron chi connectivity index (χ1n) is 6.58. The van der Waals surface area contributed by atoms with Gasteiger partial charge in [-0.05, 0) is 26.2 Å². The van der Waals surface area contributed by atoms with Gasteiger partial charge in [0.2, 0.25) is 0 Å². The zero-order valence-corrected chi connectivity index (χ0v) is 11.6. The molecule has 100 valence electrons. The minimum absolute atomic E-state index is 0.0531. The summed E-state index contributed by atoms with van der Waals surface area (Å²) in [4.78, 5) is 17.2. The monoisotopic (exact) mass is 268 g/mol. The molecule has 0 saturated heterocycles. The van der Waals surface area contributed by atoms with Gasteiger partial charge in [-0.25, -0.2) is 4.98 Å². The molecule has 5 heteroatoms. The van der Waals surface area contributed by atoms with Gasteiger partial charge >= 0.3 is 0 Å². The Bertz CT molecular complexity index is 411. The summed E-state index contributed by atoms with van der Waals surface area (Å²) in [5, 5.41) is 12.6. The fourth-order valence-electron chi connectivity index (χ4n) is 2.34. The van der Waals surface area contributed by atoms with E-state index in [9.17, 15) is 4.79 Å². The second-order valence-electron chi connectivity index (χ2n) is 4.78. The van der Waals surface area contributed by atoms with Crippen LogP contribution in [0.3, 0.4) is 0 Å². The highest BCUT2D eigenvalue weighted by Gasteiger charge is 2.23. The molecule has 1 aromatic rings. The van der Waals surface area contributed by atoms with Gasteiger partial charge in [0.05, 0.1) is 10.7 Å². The van der Waals surface area contributed by atoms with E-state index in [0.29, 0.717) is 18.9 Å². The molecule has 1 aliphatic rings. The van der Waals surface area contributed by atoms with E-state index in [2.05, 4.69) is 10.3 Å². The molecule has 1 aromatic heterocycles. The topological polar surface area (TPSA) is 62.2 Å². The lowest BCUT2D eigenvalue weighted by atomic mass is 10.1. The van der Waals surface area contributed by atoms with Crippen LogP contribution in [0.15, 0.2) is 0 Å². The summed E-state index contributed by atoms with van der Waals surface area (Å²) >= 11 is 1.54.